The van der Waals surface area contributed by atoms with Crippen LogP contribution in [0.25, 0.3) is 0 Å². The molecule has 16 heteroatoms. The second-order valence-corrected chi connectivity index (χ2v) is 23.9. The Morgan fingerprint density at radius 1 is 0.836 bits per heavy atom. The van der Waals surface area contributed by atoms with Crippen LogP contribution in [0, 0.1) is 34.0 Å². The smallest absolute Gasteiger partial charge is 0.331 e. The fourth-order valence-corrected chi connectivity index (χ4v) is 13.5. The highest BCUT2D eigenvalue weighted by Crippen LogP contribution is 2.61. The predicted octanol–water partition coefficient (Wildman–Crippen LogP) is 7.69. The zero-order valence-electron chi connectivity index (χ0n) is 44.5. The minimum Gasteiger partial charge on any atom is -0.493 e. The number of methoxy groups -OCH3 is 1. The highest BCUT2D eigenvalue weighted by Gasteiger charge is 2.60. The first-order valence-corrected chi connectivity index (χ1v) is 26.9. The number of fused-ring (bicyclic) bond motifs is 6. The average Bonchev–Trinajstić information content (AvgIpc) is 3.27. The molecular formula is C57H84O16. The SMILES string of the molecule is C=C1CC(O)C[C@@H]2C[C@H](OC(C)=O)C(C)(C)[C@](O)(C[C@@H]3C[C@H](OC(=O)CC45CC6CC(CC(C6)C4)C5)C[C@H](/C=C/C(C)(C)[C@]4(O)O[C@@H](C/C(=C\C(=O)OC)[C@@H]4OC(=O)/C=C/C=C/CCC)C[C@H]([C@@H](C)O)O1)O3)O2. The number of carbonyl (C=O) groups is 4. The minimum absolute atomic E-state index is 0.0147. The van der Waals surface area contributed by atoms with Crippen LogP contribution in [0.4, 0.5) is 0 Å². The van der Waals surface area contributed by atoms with E-state index in [1.807, 2.05) is 13.0 Å². The number of unbranched alkanes of at least 4 members (excludes halogenated alkanes) is 1. The van der Waals surface area contributed by atoms with E-state index in [1.165, 1.54) is 58.4 Å². The maximum absolute atomic E-state index is 14.2. The fourth-order valence-electron chi connectivity index (χ4n) is 13.5. The molecule has 4 heterocycles. The molecule has 3 saturated heterocycles. The first-order valence-electron chi connectivity index (χ1n) is 26.9. The number of ether oxygens (including phenoxy) is 8. The summed E-state index contributed by atoms with van der Waals surface area (Å²) < 4.78 is 49.7. The largest absolute Gasteiger partial charge is 0.493 e. The van der Waals surface area contributed by atoms with Gasteiger partial charge in [0.1, 0.15) is 18.3 Å². The topological polar surface area (TPSA) is 223 Å². The predicted molar refractivity (Wildman–Crippen MR) is 267 cm³/mol. The third kappa shape index (κ3) is 13.6. The molecule has 0 amide bonds. The summed E-state index contributed by atoms with van der Waals surface area (Å²) in [4.78, 5) is 53.5. The van der Waals surface area contributed by atoms with Crippen molar-refractivity contribution in [2.45, 2.75) is 230 Å². The lowest BCUT2D eigenvalue weighted by atomic mass is 9.49. The molecule has 73 heavy (non-hydrogen) atoms. The van der Waals surface area contributed by atoms with Crippen molar-refractivity contribution in [3.05, 3.63) is 60.4 Å². The summed E-state index contributed by atoms with van der Waals surface area (Å²) in [6.45, 7) is 15.8. The van der Waals surface area contributed by atoms with Crippen LogP contribution in [-0.4, -0.2) is 124 Å². The molecule has 0 aromatic carbocycles. The van der Waals surface area contributed by atoms with Crippen molar-refractivity contribution in [3.8, 4) is 0 Å². The molecule has 4 saturated carbocycles. The van der Waals surface area contributed by atoms with Gasteiger partial charge in [-0.15, -0.1) is 0 Å². The van der Waals surface area contributed by atoms with Gasteiger partial charge in [0.05, 0.1) is 61.3 Å². The molecule has 10 bridgehead atoms. The number of hydrogen-bond acceptors (Lipinski definition) is 16. The summed E-state index contributed by atoms with van der Waals surface area (Å²) in [5, 5.41) is 48.7. The molecular weight excluding hydrogens is 941 g/mol. The van der Waals surface area contributed by atoms with Gasteiger partial charge in [-0.25, -0.2) is 9.59 Å². The molecule has 12 atom stereocenters. The van der Waals surface area contributed by atoms with Crippen LogP contribution in [0.5, 0.6) is 0 Å². The lowest BCUT2D eigenvalue weighted by Gasteiger charge is -2.56. The quantitative estimate of drug-likeness (QED) is 0.0512. The van der Waals surface area contributed by atoms with E-state index < -0.39 is 101 Å². The van der Waals surface area contributed by atoms with Gasteiger partial charge in [0.2, 0.25) is 5.79 Å². The third-order valence-electron chi connectivity index (χ3n) is 17.0. The van der Waals surface area contributed by atoms with Gasteiger partial charge in [-0.05, 0) is 87.0 Å². The molecule has 0 aromatic heterocycles. The maximum Gasteiger partial charge on any atom is 0.331 e. The van der Waals surface area contributed by atoms with E-state index >= 15 is 0 Å². The first kappa shape index (κ1) is 56.8. The molecule has 0 spiro atoms. The van der Waals surface area contributed by atoms with Gasteiger partial charge in [-0.3, -0.25) is 9.59 Å². The van der Waals surface area contributed by atoms with Crippen molar-refractivity contribution < 1.29 is 77.5 Å². The molecule has 4 aliphatic carbocycles. The van der Waals surface area contributed by atoms with E-state index in [2.05, 4.69) is 6.58 Å². The number of carbonyl (C=O) groups excluding carboxylic acids is 4. The number of esters is 4. The zero-order valence-corrected chi connectivity index (χ0v) is 44.5. The van der Waals surface area contributed by atoms with Crippen LogP contribution in [0.1, 0.15) is 158 Å². The lowest BCUT2D eigenvalue weighted by molar-refractivity contribution is -0.350. The summed E-state index contributed by atoms with van der Waals surface area (Å²) in [5.74, 6) is -4.72. The summed E-state index contributed by atoms with van der Waals surface area (Å²) in [6.07, 6.45) is 10.5. The molecule has 16 nitrogen and oxygen atoms in total. The Labute approximate surface area is 431 Å². The number of allylic oxidation sites excluding steroid dienone is 3. The summed E-state index contributed by atoms with van der Waals surface area (Å²) in [7, 11) is 1.21. The van der Waals surface area contributed by atoms with Gasteiger partial charge >= 0.3 is 23.9 Å². The van der Waals surface area contributed by atoms with E-state index in [0.29, 0.717) is 24.2 Å². The summed E-state index contributed by atoms with van der Waals surface area (Å²) in [5.41, 5.74) is -2.55. The second-order valence-electron chi connectivity index (χ2n) is 23.9. The van der Waals surface area contributed by atoms with Crippen molar-refractivity contribution in [2.75, 3.05) is 7.11 Å². The van der Waals surface area contributed by atoms with E-state index in [4.69, 9.17) is 37.9 Å². The Kier molecular flexibility index (Phi) is 18.0. The van der Waals surface area contributed by atoms with Gasteiger partial charge in [-0.1, -0.05) is 78.0 Å². The highest BCUT2D eigenvalue weighted by molar-refractivity contribution is 5.84. The van der Waals surface area contributed by atoms with Crippen LogP contribution in [0.3, 0.4) is 0 Å². The maximum atomic E-state index is 14.2. The summed E-state index contributed by atoms with van der Waals surface area (Å²) >= 11 is 0. The third-order valence-corrected chi connectivity index (χ3v) is 17.0. The van der Waals surface area contributed by atoms with Crippen LogP contribution < -0.4 is 0 Å². The first-order chi connectivity index (χ1) is 34.3. The number of aliphatic hydroxyl groups is 4. The van der Waals surface area contributed by atoms with Gasteiger partial charge in [-0.2, -0.15) is 0 Å². The number of hydrogen-bond donors (Lipinski definition) is 4. The molecule has 8 rings (SSSR count). The van der Waals surface area contributed by atoms with Crippen molar-refractivity contribution in [1.29, 1.82) is 0 Å². The van der Waals surface area contributed by atoms with Crippen molar-refractivity contribution in [1.82, 2.24) is 0 Å². The van der Waals surface area contributed by atoms with Gasteiger partial charge < -0.3 is 58.3 Å². The molecule has 408 valence electrons. The molecule has 0 radical (unpaired) electrons. The van der Waals surface area contributed by atoms with Gasteiger partial charge in [0, 0.05) is 69.4 Å². The Hall–Kier alpha value is -3.90. The fraction of sp³-hybridized carbons (Fsp3) is 0.754. The molecule has 1 unspecified atom stereocenters. The van der Waals surface area contributed by atoms with E-state index in [0.717, 1.165) is 32.1 Å². The van der Waals surface area contributed by atoms with E-state index in [9.17, 15) is 39.6 Å². The van der Waals surface area contributed by atoms with E-state index in [1.54, 1.807) is 45.9 Å². The Bertz CT molecular complexity index is 2080. The van der Waals surface area contributed by atoms with Crippen molar-refractivity contribution in [2.24, 2.45) is 34.0 Å². The molecule has 0 aromatic rings. The normalized spacial score (nSPS) is 40.8. The Morgan fingerprint density at radius 2 is 1.52 bits per heavy atom. The molecule has 7 fully saturated rings. The average molecular weight is 1030 g/mol. The van der Waals surface area contributed by atoms with E-state index in [-0.39, 0.29) is 74.1 Å². The molecule has 8 aliphatic rings. The molecule has 4 N–H and O–H groups in total. The van der Waals surface area contributed by atoms with Crippen LogP contribution in [0.2, 0.25) is 0 Å². The monoisotopic (exact) mass is 1020 g/mol. The Morgan fingerprint density at radius 3 is 2.15 bits per heavy atom. The summed E-state index contributed by atoms with van der Waals surface area (Å²) in [6, 6.07) is 0. The zero-order chi connectivity index (χ0) is 53.1. The van der Waals surface area contributed by atoms with Crippen LogP contribution in [0.15, 0.2) is 60.4 Å². The van der Waals surface area contributed by atoms with Gasteiger partial charge in [0.15, 0.2) is 11.9 Å². The molecule has 4 aliphatic heterocycles. The van der Waals surface area contributed by atoms with Crippen molar-refractivity contribution >= 4 is 23.9 Å². The van der Waals surface area contributed by atoms with Crippen LogP contribution in [-0.2, 0) is 57.1 Å². The Balaban J connectivity index is 1.27. The number of rotatable bonds is 11. The second kappa shape index (κ2) is 23.1. The van der Waals surface area contributed by atoms with Crippen LogP contribution >= 0.6 is 0 Å². The van der Waals surface area contributed by atoms with Crippen molar-refractivity contribution in [3.63, 3.8) is 0 Å². The lowest BCUT2D eigenvalue weighted by Crippen LogP contribution is -2.62. The van der Waals surface area contributed by atoms with Gasteiger partial charge in [0.25, 0.3) is 0 Å². The minimum atomic E-state index is -2.40. The number of aliphatic hydroxyl groups excluding tert-OH is 2. The standard InChI is InChI=1S/C57H84O16/c1-10-11-12-13-14-15-49(61)71-52-40(23-50(62)66-9)22-44-27-47(35(3)58)67-34(2)18-41(60)24-45-28-48(68-36(4)59)54(7,8)56(64,72-45)32-46-26-43(25-42(69-46)16-17-53(5,6)57(52,65)73-44)70-51(63)33-55-29-37-19-38(30-55)21-39(20-37)31-55/h12-17,23,35,37-39,41-48,52,58,60,64-65H,2,10-11,18-22,24-33H2,1,3-9H3/b13-12+,15-14+,17-16+,40-23+/t35-,37?,38?,39?,41?,42+,43-,44+,45-,46+,47-,48+,52+,55?,56+,57-/m1/s1. The highest BCUT2D eigenvalue weighted by atomic mass is 16.7.